The Labute approximate surface area is 144 Å². The van der Waals surface area contributed by atoms with Crippen LogP contribution >= 0.6 is 0 Å². The molecule has 3 rings (SSSR count). The number of hydrogen-bond donors (Lipinski definition) is 2. The lowest BCUT2D eigenvalue weighted by molar-refractivity contribution is 0.0693. The average molecular weight is 342 g/mol. The standard InChI is InChI=1S/C19H19FN2O3/c20-15-6-4-12(5-7-15)16-8-9-22(11-17(16)21)18(23)13-2-1-3-14(10-13)19(24)25/h1-7,10,16-17H,8-9,11,21H2,(H,24,25)/t16-,17+/m0/s1. The third kappa shape index (κ3) is 3.69. The van der Waals surface area contributed by atoms with E-state index in [0.717, 1.165) is 5.56 Å². The molecule has 1 fully saturated rings. The maximum absolute atomic E-state index is 13.1. The summed E-state index contributed by atoms with van der Waals surface area (Å²) in [5.41, 5.74) is 7.64. The molecule has 2 atom stereocenters. The molecule has 0 radical (unpaired) electrons. The van der Waals surface area contributed by atoms with Gasteiger partial charge in [-0.15, -0.1) is 0 Å². The van der Waals surface area contributed by atoms with Crippen LogP contribution in [0, 0.1) is 5.82 Å². The van der Waals surface area contributed by atoms with Crippen LogP contribution in [0.1, 0.15) is 38.6 Å². The van der Waals surface area contributed by atoms with Gasteiger partial charge in [-0.1, -0.05) is 18.2 Å². The SMILES string of the molecule is N[C@@H]1CN(C(=O)c2cccc(C(=O)O)c2)CC[C@H]1c1ccc(F)cc1. The summed E-state index contributed by atoms with van der Waals surface area (Å²) in [4.78, 5) is 25.3. The van der Waals surface area contributed by atoms with E-state index in [9.17, 15) is 14.0 Å². The van der Waals surface area contributed by atoms with Crippen molar-refractivity contribution < 1.29 is 19.1 Å². The van der Waals surface area contributed by atoms with Crippen LogP contribution in [0.5, 0.6) is 0 Å². The van der Waals surface area contributed by atoms with E-state index in [-0.39, 0.29) is 29.2 Å². The molecule has 2 aromatic carbocycles. The van der Waals surface area contributed by atoms with Crippen molar-refractivity contribution in [2.45, 2.75) is 18.4 Å². The first kappa shape index (κ1) is 17.1. The van der Waals surface area contributed by atoms with E-state index in [1.54, 1.807) is 29.2 Å². The molecule has 5 nitrogen and oxygen atoms in total. The minimum atomic E-state index is -1.07. The molecule has 25 heavy (non-hydrogen) atoms. The fraction of sp³-hybridized carbons (Fsp3) is 0.263. The molecule has 0 aromatic heterocycles. The Morgan fingerprint density at radius 2 is 1.80 bits per heavy atom. The summed E-state index contributed by atoms with van der Waals surface area (Å²) < 4.78 is 13.1. The molecule has 3 N–H and O–H groups in total. The number of likely N-dealkylation sites (tertiary alicyclic amines) is 1. The Morgan fingerprint density at radius 3 is 2.44 bits per heavy atom. The van der Waals surface area contributed by atoms with Gasteiger partial charge in [-0.25, -0.2) is 9.18 Å². The number of nitrogens with two attached hydrogens (primary N) is 1. The first-order chi connectivity index (χ1) is 12.0. The molecule has 1 aliphatic heterocycles. The number of carboxylic acid groups (broad SMARTS) is 1. The van der Waals surface area contributed by atoms with Crippen molar-refractivity contribution in [3.05, 3.63) is 71.0 Å². The summed E-state index contributed by atoms with van der Waals surface area (Å²) in [6.07, 6.45) is 0.678. The summed E-state index contributed by atoms with van der Waals surface area (Å²) >= 11 is 0. The van der Waals surface area contributed by atoms with E-state index in [1.165, 1.54) is 24.3 Å². The topological polar surface area (TPSA) is 83.6 Å². The summed E-state index contributed by atoms with van der Waals surface area (Å²) in [5.74, 6) is -1.52. The van der Waals surface area contributed by atoms with Gasteiger partial charge in [0.25, 0.3) is 5.91 Å². The number of nitrogens with zero attached hydrogens (tertiary/aromatic N) is 1. The number of carbonyl (C=O) groups is 2. The number of amides is 1. The molecular formula is C19H19FN2O3. The second kappa shape index (κ2) is 7.03. The highest BCUT2D eigenvalue weighted by Gasteiger charge is 2.30. The lowest BCUT2D eigenvalue weighted by atomic mass is 9.85. The van der Waals surface area contributed by atoms with Crippen LogP contribution in [0.15, 0.2) is 48.5 Å². The lowest BCUT2D eigenvalue weighted by Crippen LogP contribution is -2.49. The van der Waals surface area contributed by atoms with Gasteiger partial charge in [0.05, 0.1) is 5.56 Å². The molecule has 0 spiro atoms. The third-order valence-electron chi connectivity index (χ3n) is 4.60. The average Bonchev–Trinajstić information content (AvgIpc) is 2.62. The van der Waals surface area contributed by atoms with Crippen LogP contribution < -0.4 is 5.73 Å². The summed E-state index contributed by atoms with van der Waals surface area (Å²) in [6.45, 7) is 0.893. The largest absolute Gasteiger partial charge is 0.478 e. The molecular weight excluding hydrogens is 323 g/mol. The lowest BCUT2D eigenvalue weighted by Gasteiger charge is -2.37. The quantitative estimate of drug-likeness (QED) is 0.898. The second-order valence-corrected chi connectivity index (χ2v) is 6.25. The molecule has 6 heteroatoms. The Morgan fingerprint density at radius 1 is 1.12 bits per heavy atom. The minimum absolute atomic E-state index is 0.0648. The van der Waals surface area contributed by atoms with E-state index >= 15 is 0 Å². The molecule has 1 aliphatic rings. The van der Waals surface area contributed by atoms with Gasteiger partial charge in [0, 0.05) is 30.6 Å². The van der Waals surface area contributed by atoms with Crippen LogP contribution in [0.25, 0.3) is 0 Å². The number of carbonyl (C=O) groups excluding carboxylic acids is 1. The number of carboxylic acids is 1. The fourth-order valence-corrected chi connectivity index (χ4v) is 3.26. The minimum Gasteiger partial charge on any atom is -0.478 e. The van der Waals surface area contributed by atoms with E-state index in [0.29, 0.717) is 25.1 Å². The van der Waals surface area contributed by atoms with Crippen LogP contribution in [0.2, 0.25) is 0 Å². The predicted molar refractivity (Wildman–Crippen MR) is 91.0 cm³/mol. The van der Waals surface area contributed by atoms with Gasteiger partial charge in [-0.05, 0) is 42.3 Å². The van der Waals surface area contributed by atoms with Crippen LogP contribution in [-0.2, 0) is 0 Å². The van der Waals surface area contributed by atoms with Gasteiger partial charge in [0.15, 0.2) is 0 Å². The zero-order valence-electron chi connectivity index (χ0n) is 13.6. The van der Waals surface area contributed by atoms with Gasteiger partial charge in [-0.3, -0.25) is 4.79 Å². The number of hydrogen-bond acceptors (Lipinski definition) is 3. The van der Waals surface area contributed by atoms with Crippen molar-refractivity contribution >= 4 is 11.9 Å². The maximum Gasteiger partial charge on any atom is 0.335 e. The zero-order chi connectivity index (χ0) is 18.0. The molecule has 0 unspecified atom stereocenters. The van der Waals surface area contributed by atoms with Crippen LogP contribution in [0.3, 0.4) is 0 Å². The van der Waals surface area contributed by atoms with Gasteiger partial charge < -0.3 is 15.7 Å². The van der Waals surface area contributed by atoms with Crippen LogP contribution in [0.4, 0.5) is 4.39 Å². The van der Waals surface area contributed by atoms with Crippen molar-refractivity contribution in [1.29, 1.82) is 0 Å². The van der Waals surface area contributed by atoms with Crippen molar-refractivity contribution in [3.63, 3.8) is 0 Å². The van der Waals surface area contributed by atoms with E-state index in [1.807, 2.05) is 0 Å². The second-order valence-electron chi connectivity index (χ2n) is 6.25. The smallest absolute Gasteiger partial charge is 0.335 e. The number of rotatable bonds is 3. The van der Waals surface area contributed by atoms with E-state index in [4.69, 9.17) is 10.8 Å². The molecule has 0 aliphatic carbocycles. The summed E-state index contributed by atoms with van der Waals surface area (Å²) in [7, 11) is 0. The molecule has 2 aromatic rings. The monoisotopic (exact) mass is 342 g/mol. The van der Waals surface area contributed by atoms with E-state index in [2.05, 4.69) is 0 Å². The fourth-order valence-electron chi connectivity index (χ4n) is 3.26. The molecule has 1 heterocycles. The number of halogens is 1. The van der Waals surface area contributed by atoms with Crippen molar-refractivity contribution in [2.75, 3.05) is 13.1 Å². The van der Waals surface area contributed by atoms with Crippen molar-refractivity contribution in [2.24, 2.45) is 5.73 Å². The Kier molecular flexibility index (Phi) is 4.81. The molecule has 0 bridgehead atoms. The molecule has 0 saturated carbocycles. The normalized spacial score (nSPS) is 20.3. The van der Waals surface area contributed by atoms with Crippen LogP contribution in [-0.4, -0.2) is 41.0 Å². The first-order valence-corrected chi connectivity index (χ1v) is 8.09. The summed E-state index contributed by atoms with van der Waals surface area (Å²) in [6, 6.07) is 12.0. The van der Waals surface area contributed by atoms with Gasteiger partial charge in [-0.2, -0.15) is 0 Å². The Hall–Kier alpha value is -2.73. The zero-order valence-corrected chi connectivity index (χ0v) is 13.6. The Balaban J connectivity index is 1.72. The first-order valence-electron chi connectivity index (χ1n) is 8.09. The number of benzene rings is 2. The van der Waals surface area contributed by atoms with Crippen molar-refractivity contribution in [3.8, 4) is 0 Å². The number of aromatic carboxylic acids is 1. The maximum atomic E-state index is 13.1. The molecule has 130 valence electrons. The molecule has 1 amide bonds. The predicted octanol–water partition coefficient (Wildman–Crippen LogP) is 2.48. The Bertz CT molecular complexity index is 792. The highest BCUT2D eigenvalue weighted by Crippen LogP contribution is 2.28. The number of piperidine rings is 1. The highest BCUT2D eigenvalue weighted by molar-refractivity contribution is 5.97. The van der Waals surface area contributed by atoms with Gasteiger partial charge >= 0.3 is 5.97 Å². The summed E-state index contributed by atoms with van der Waals surface area (Å²) in [5, 5.41) is 9.05. The van der Waals surface area contributed by atoms with Gasteiger partial charge in [0.1, 0.15) is 5.82 Å². The third-order valence-corrected chi connectivity index (χ3v) is 4.60. The van der Waals surface area contributed by atoms with Gasteiger partial charge in [0.2, 0.25) is 0 Å². The van der Waals surface area contributed by atoms with E-state index < -0.39 is 5.97 Å². The highest BCUT2D eigenvalue weighted by atomic mass is 19.1. The molecule has 1 saturated heterocycles. The van der Waals surface area contributed by atoms with Crippen molar-refractivity contribution in [1.82, 2.24) is 4.90 Å².